The molecule has 0 fully saturated rings. The van der Waals surface area contributed by atoms with Crippen molar-refractivity contribution >= 4 is 17.0 Å². The first-order chi connectivity index (χ1) is 16.6. The van der Waals surface area contributed by atoms with Crippen LogP contribution >= 0.6 is 0 Å². The minimum absolute atomic E-state index is 0.119. The van der Waals surface area contributed by atoms with E-state index in [2.05, 4.69) is 20.1 Å². The molecule has 182 valence electrons. The van der Waals surface area contributed by atoms with Crippen LogP contribution in [0.4, 0.5) is 27.9 Å². The number of phenolic OH excluding ortho intramolecular Hbond substituents is 1. The van der Waals surface area contributed by atoms with Crippen molar-refractivity contribution in [2.24, 2.45) is 7.05 Å². The van der Waals surface area contributed by atoms with Gasteiger partial charge in [0.25, 0.3) is 0 Å². The van der Waals surface area contributed by atoms with Gasteiger partial charge in [-0.15, -0.1) is 0 Å². The predicted octanol–water partition coefficient (Wildman–Crippen LogP) is 4.39. The van der Waals surface area contributed by atoms with Crippen LogP contribution in [0.5, 0.6) is 11.5 Å². The van der Waals surface area contributed by atoms with Crippen molar-refractivity contribution in [3.8, 4) is 22.8 Å². The third-order valence-corrected chi connectivity index (χ3v) is 5.85. The summed E-state index contributed by atoms with van der Waals surface area (Å²) in [4.78, 5) is 15.0. The van der Waals surface area contributed by atoms with Gasteiger partial charge in [0, 0.05) is 38.5 Å². The fourth-order valence-electron chi connectivity index (χ4n) is 4.11. The number of pyridine rings is 1. The summed E-state index contributed by atoms with van der Waals surface area (Å²) in [5, 5.41) is 13.9. The molecule has 0 saturated heterocycles. The molecule has 8 nitrogen and oxygen atoms in total. The maximum atomic E-state index is 14.7. The summed E-state index contributed by atoms with van der Waals surface area (Å²) in [6.07, 6.45) is -1.61. The van der Waals surface area contributed by atoms with Gasteiger partial charge >= 0.3 is 6.18 Å². The second-order valence-corrected chi connectivity index (χ2v) is 7.98. The van der Waals surface area contributed by atoms with Crippen molar-refractivity contribution in [1.29, 1.82) is 0 Å². The van der Waals surface area contributed by atoms with Gasteiger partial charge in [0.2, 0.25) is 5.95 Å². The molecule has 1 aliphatic heterocycles. The molecule has 0 radical (unpaired) electrons. The Bertz CT molecular complexity index is 1450. The number of phenols is 1. The maximum Gasteiger partial charge on any atom is 0.419 e. The van der Waals surface area contributed by atoms with Crippen molar-refractivity contribution in [3.05, 3.63) is 53.5 Å². The summed E-state index contributed by atoms with van der Waals surface area (Å²) >= 11 is 0. The third-order valence-electron chi connectivity index (χ3n) is 5.85. The Hall–Kier alpha value is -4.03. The van der Waals surface area contributed by atoms with Crippen LogP contribution in [0.2, 0.25) is 0 Å². The minimum Gasteiger partial charge on any atom is -0.503 e. The molecule has 4 heterocycles. The zero-order valence-electron chi connectivity index (χ0n) is 18.3. The van der Waals surface area contributed by atoms with Crippen LogP contribution in [0.3, 0.4) is 0 Å². The van der Waals surface area contributed by atoms with E-state index in [-0.39, 0.29) is 34.8 Å². The molecule has 1 aliphatic rings. The SMILES string of the molecule is CN(c1ncc2c(-c3cc(C(F)(F)F)c(F)c(O)c3F)nn(C)c2n1)C1CCOc2cccnc21. The van der Waals surface area contributed by atoms with Crippen LogP contribution in [-0.2, 0) is 13.2 Å². The number of hydrogen-bond donors (Lipinski definition) is 1. The second kappa shape index (κ2) is 8.03. The summed E-state index contributed by atoms with van der Waals surface area (Å²) in [5.41, 5.74) is -1.91. The molecule has 0 spiro atoms. The summed E-state index contributed by atoms with van der Waals surface area (Å²) in [7, 11) is 3.24. The molecule has 4 aromatic rings. The van der Waals surface area contributed by atoms with Crippen molar-refractivity contribution < 1.29 is 31.8 Å². The monoisotopic (exact) mass is 492 g/mol. The van der Waals surface area contributed by atoms with E-state index in [1.165, 1.54) is 17.9 Å². The van der Waals surface area contributed by atoms with Gasteiger partial charge in [0.1, 0.15) is 17.1 Å². The predicted molar refractivity (Wildman–Crippen MR) is 114 cm³/mol. The van der Waals surface area contributed by atoms with Crippen LogP contribution in [0.15, 0.2) is 30.6 Å². The molecule has 0 bridgehead atoms. The Kier molecular flexibility index (Phi) is 5.22. The van der Waals surface area contributed by atoms with E-state index in [0.717, 1.165) is 0 Å². The lowest BCUT2D eigenvalue weighted by atomic mass is 10.0. The van der Waals surface area contributed by atoms with Crippen molar-refractivity contribution in [3.63, 3.8) is 0 Å². The fourth-order valence-corrected chi connectivity index (χ4v) is 4.11. The summed E-state index contributed by atoms with van der Waals surface area (Å²) in [6, 6.07) is 3.64. The standard InChI is InChI=1S/C22H17F5N6O2/c1-32(13-5-7-35-14-4-3-6-28-18(13)14)21-29-9-11-17(31-33(2)20(11)30-21)10-8-12(22(25,26)27)16(24)19(34)15(10)23/h3-4,6,8-9,13,34H,5,7H2,1-2H3. The third kappa shape index (κ3) is 3.67. The highest BCUT2D eigenvalue weighted by atomic mass is 19.4. The number of alkyl halides is 3. The highest BCUT2D eigenvalue weighted by Crippen LogP contribution is 2.42. The number of nitrogens with zero attached hydrogens (tertiary/aromatic N) is 6. The van der Waals surface area contributed by atoms with Crippen LogP contribution in [0.25, 0.3) is 22.3 Å². The van der Waals surface area contributed by atoms with E-state index in [1.54, 1.807) is 24.2 Å². The van der Waals surface area contributed by atoms with Crippen molar-refractivity contribution in [1.82, 2.24) is 24.7 Å². The minimum atomic E-state index is -5.16. The average molecular weight is 492 g/mol. The second-order valence-electron chi connectivity index (χ2n) is 7.98. The number of ether oxygens (including phenoxy) is 1. The van der Waals surface area contributed by atoms with Gasteiger partial charge in [-0.1, -0.05) is 0 Å². The molecule has 5 rings (SSSR count). The quantitative estimate of drug-likeness (QED) is 0.425. The van der Waals surface area contributed by atoms with E-state index in [1.807, 2.05) is 6.07 Å². The highest BCUT2D eigenvalue weighted by molar-refractivity contribution is 5.91. The number of hydrogen-bond acceptors (Lipinski definition) is 7. The Morgan fingerprint density at radius 2 is 1.97 bits per heavy atom. The Morgan fingerprint density at radius 3 is 2.71 bits per heavy atom. The van der Waals surface area contributed by atoms with Crippen LogP contribution in [0.1, 0.15) is 23.7 Å². The molecule has 13 heteroatoms. The number of benzene rings is 1. The van der Waals surface area contributed by atoms with Crippen LogP contribution < -0.4 is 9.64 Å². The van der Waals surface area contributed by atoms with Gasteiger partial charge in [0.05, 0.1) is 23.6 Å². The van der Waals surface area contributed by atoms with Gasteiger partial charge in [-0.2, -0.15) is 23.3 Å². The molecule has 0 aliphatic carbocycles. The number of halogens is 5. The number of aryl methyl sites for hydroxylation is 1. The molecule has 35 heavy (non-hydrogen) atoms. The van der Waals surface area contributed by atoms with Crippen LogP contribution in [0, 0.1) is 11.6 Å². The molecule has 0 amide bonds. The maximum absolute atomic E-state index is 14.7. The molecule has 3 aromatic heterocycles. The number of fused-ring (bicyclic) bond motifs is 2. The van der Waals surface area contributed by atoms with Gasteiger partial charge in [-0.3, -0.25) is 4.98 Å². The molecule has 1 aromatic carbocycles. The lowest BCUT2D eigenvalue weighted by Gasteiger charge is -2.32. The van der Waals surface area contributed by atoms with E-state index >= 15 is 0 Å². The topological polar surface area (TPSA) is 89.2 Å². The molecule has 1 unspecified atom stereocenters. The van der Waals surface area contributed by atoms with Gasteiger partial charge in [-0.05, 0) is 18.2 Å². The van der Waals surface area contributed by atoms with E-state index in [0.29, 0.717) is 24.5 Å². The molecule has 0 saturated carbocycles. The normalized spacial score (nSPS) is 15.7. The smallest absolute Gasteiger partial charge is 0.419 e. The first-order valence-corrected chi connectivity index (χ1v) is 10.4. The molecule has 1 atom stereocenters. The first kappa shape index (κ1) is 22.7. The Morgan fingerprint density at radius 1 is 1.20 bits per heavy atom. The average Bonchev–Trinajstić information content (AvgIpc) is 3.16. The van der Waals surface area contributed by atoms with E-state index < -0.39 is 34.7 Å². The highest BCUT2D eigenvalue weighted by Gasteiger charge is 2.38. The van der Waals surface area contributed by atoms with Gasteiger partial charge < -0.3 is 14.7 Å². The van der Waals surface area contributed by atoms with Crippen molar-refractivity contribution in [2.75, 3.05) is 18.6 Å². The summed E-state index contributed by atoms with van der Waals surface area (Å²) in [5.74, 6) is -4.48. The summed E-state index contributed by atoms with van der Waals surface area (Å²) < 4.78 is 75.2. The zero-order chi connectivity index (χ0) is 25.1. The molecular formula is C22H17F5N6O2. The summed E-state index contributed by atoms with van der Waals surface area (Å²) in [6.45, 7) is 0.459. The number of aromatic nitrogens is 5. The van der Waals surface area contributed by atoms with Crippen LogP contribution in [-0.4, -0.2) is 43.5 Å². The Balaban J connectivity index is 1.60. The molecular weight excluding hydrogens is 475 g/mol. The van der Waals surface area contributed by atoms with E-state index in [9.17, 15) is 27.1 Å². The lowest BCUT2D eigenvalue weighted by Crippen LogP contribution is -2.31. The van der Waals surface area contributed by atoms with Crippen molar-refractivity contribution in [2.45, 2.75) is 18.6 Å². The number of aromatic hydroxyl groups is 1. The Labute approximate surface area is 194 Å². The lowest BCUT2D eigenvalue weighted by molar-refractivity contribution is -0.140. The molecule has 1 N–H and O–H groups in total. The number of anilines is 1. The fraction of sp³-hybridized carbons (Fsp3) is 0.273. The first-order valence-electron chi connectivity index (χ1n) is 10.4. The van der Waals surface area contributed by atoms with Gasteiger partial charge in [0.15, 0.2) is 23.0 Å². The number of rotatable bonds is 3. The van der Waals surface area contributed by atoms with E-state index in [4.69, 9.17) is 4.74 Å². The zero-order valence-corrected chi connectivity index (χ0v) is 18.3. The largest absolute Gasteiger partial charge is 0.503 e. The van der Waals surface area contributed by atoms with Gasteiger partial charge in [-0.25, -0.2) is 18.4 Å².